The second kappa shape index (κ2) is 8.56. The number of methoxy groups -OCH3 is 1. The molecule has 20 heavy (non-hydrogen) atoms. The molecule has 112 valence electrons. The summed E-state index contributed by atoms with van der Waals surface area (Å²) in [5.74, 6) is 1.99. The summed E-state index contributed by atoms with van der Waals surface area (Å²) in [6.07, 6.45) is 3.93. The summed E-state index contributed by atoms with van der Waals surface area (Å²) in [6.45, 7) is 1.41. The third-order valence-corrected chi connectivity index (χ3v) is 3.70. The van der Waals surface area contributed by atoms with Gasteiger partial charge >= 0.3 is 0 Å². The van der Waals surface area contributed by atoms with Crippen LogP contribution in [0, 0.1) is 5.92 Å². The van der Waals surface area contributed by atoms with Crippen LogP contribution in [0.15, 0.2) is 23.2 Å². The highest BCUT2D eigenvalue weighted by Crippen LogP contribution is 2.25. The van der Waals surface area contributed by atoms with Gasteiger partial charge in [0, 0.05) is 17.1 Å². The van der Waals surface area contributed by atoms with Crippen molar-refractivity contribution in [3.63, 3.8) is 0 Å². The van der Waals surface area contributed by atoms with Crippen molar-refractivity contribution in [3.05, 3.63) is 28.8 Å². The van der Waals surface area contributed by atoms with E-state index in [1.807, 2.05) is 12.1 Å². The number of hydrogen-bond acceptors (Lipinski definition) is 2. The first-order valence-electron chi connectivity index (χ1n) is 6.55. The van der Waals surface area contributed by atoms with Gasteiger partial charge in [0.05, 0.1) is 13.7 Å². The average Bonchev–Trinajstić information content (AvgIpc) is 2.35. The van der Waals surface area contributed by atoms with E-state index in [1.54, 1.807) is 13.2 Å². The molecule has 1 aromatic carbocycles. The summed E-state index contributed by atoms with van der Waals surface area (Å²) in [7, 11) is 1.62. The van der Waals surface area contributed by atoms with E-state index in [0.717, 1.165) is 23.8 Å². The van der Waals surface area contributed by atoms with Crippen molar-refractivity contribution in [1.29, 1.82) is 0 Å². The Morgan fingerprint density at radius 1 is 1.50 bits per heavy atom. The molecule has 6 heteroatoms. The average molecular weight is 410 g/mol. The van der Waals surface area contributed by atoms with Gasteiger partial charge in [0.25, 0.3) is 0 Å². The quantitative estimate of drug-likeness (QED) is 0.446. The molecule has 0 bridgehead atoms. The van der Waals surface area contributed by atoms with Crippen molar-refractivity contribution in [1.82, 2.24) is 5.32 Å². The van der Waals surface area contributed by atoms with Gasteiger partial charge in [0.2, 0.25) is 0 Å². The van der Waals surface area contributed by atoms with Gasteiger partial charge in [0.1, 0.15) is 5.75 Å². The van der Waals surface area contributed by atoms with Gasteiger partial charge in [-0.3, -0.25) is 0 Å². The van der Waals surface area contributed by atoms with Gasteiger partial charge in [-0.25, -0.2) is 4.99 Å². The lowest BCUT2D eigenvalue weighted by molar-refractivity contribution is 0.315. The topological polar surface area (TPSA) is 59.6 Å². The number of aliphatic imine (C=N–C) groups is 1. The van der Waals surface area contributed by atoms with Crippen LogP contribution in [0.3, 0.4) is 0 Å². The molecule has 0 aliphatic heterocycles. The maximum Gasteiger partial charge on any atom is 0.188 e. The number of rotatable bonds is 5. The number of guanidine groups is 1. The van der Waals surface area contributed by atoms with E-state index in [9.17, 15) is 0 Å². The molecule has 1 aliphatic carbocycles. The van der Waals surface area contributed by atoms with Gasteiger partial charge in [-0.05, 0) is 30.9 Å². The molecule has 0 spiro atoms. The molecule has 0 amide bonds. The number of nitrogens with one attached hydrogen (secondary N) is 1. The number of hydrogen-bond donors (Lipinski definition) is 2. The maximum absolute atomic E-state index is 5.91. The third kappa shape index (κ3) is 5.01. The molecular formula is C14H21ClIN3O. The Bertz CT molecular complexity index is 464. The smallest absolute Gasteiger partial charge is 0.188 e. The molecule has 0 heterocycles. The second-order valence-corrected chi connectivity index (χ2v) is 5.27. The van der Waals surface area contributed by atoms with Crippen molar-refractivity contribution in [2.24, 2.45) is 16.6 Å². The zero-order chi connectivity index (χ0) is 13.7. The predicted octanol–water partition coefficient (Wildman–Crippen LogP) is 3.17. The Morgan fingerprint density at radius 2 is 2.25 bits per heavy atom. The lowest BCUT2D eigenvalue weighted by Crippen LogP contribution is -2.37. The number of nitrogens with two attached hydrogens (primary N) is 1. The van der Waals surface area contributed by atoms with E-state index in [4.69, 9.17) is 22.1 Å². The van der Waals surface area contributed by atoms with Crippen LogP contribution in [0.1, 0.15) is 24.8 Å². The van der Waals surface area contributed by atoms with Gasteiger partial charge in [-0.2, -0.15) is 0 Å². The number of halogens is 2. The fourth-order valence-electron chi connectivity index (χ4n) is 2.02. The fourth-order valence-corrected chi connectivity index (χ4v) is 2.18. The SMILES string of the molecule is COc1cc(Cl)ccc1CN=C(N)NCC1CCC1.I. The van der Waals surface area contributed by atoms with Crippen LogP contribution >= 0.6 is 35.6 Å². The highest BCUT2D eigenvalue weighted by atomic mass is 127. The van der Waals surface area contributed by atoms with E-state index in [2.05, 4.69) is 10.3 Å². The fraction of sp³-hybridized carbons (Fsp3) is 0.500. The summed E-state index contributed by atoms with van der Waals surface area (Å²) >= 11 is 5.91. The lowest BCUT2D eigenvalue weighted by atomic mass is 9.85. The molecular weight excluding hydrogens is 389 g/mol. The van der Waals surface area contributed by atoms with Crippen LogP contribution in [0.2, 0.25) is 5.02 Å². The standard InChI is InChI=1S/C14H20ClN3O.HI/c1-19-13-7-12(15)6-5-11(13)9-18-14(16)17-8-10-3-2-4-10;/h5-7,10H,2-4,8-9H2,1H3,(H3,16,17,18);1H. The van der Waals surface area contributed by atoms with Crippen molar-refractivity contribution in [3.8, 4) is 5.75 Å². The number of nitrogens with zero attached hydrogens (tertiary/aromatic N) is 1. The van der Waals surface area contributed by atoms with Crippen LogP contribution in [-0.2, 0) is 6.54 Å². The normalized spacial score (nSPS) is 15.2. The zero-order valence-electron chi connectivity index (χ0n) is 11.6. The minimum absolute atomic E-state index is 0. The summed E-state index contributed by atoms with van der Waals surface area (Å²) < 4.78 is 5.27. The van der Waals surface area contributed by atoms with Crippen molar-refractivity contribution >= 4 is 41.5 Å². The van der Waals surface area contributed by atoms with Crippen LogP contribution in [0.4, 0.5) is 0 Å². The predicted molar refractivity (Wildman–Crippen MR) is 94.1 cm³/mol. The first-order valence-corrected chi connectivity index (χ1v) is 6.93. The number of benzene rings is 1. The minimum atomic E-state index is 0. The highest BCUT2D eigenvalue weighted by molar-refractivity contribution is 14.0. The van der Waals surface area contributed by atoms with Crippen molar-refractivity contribution < 1.29 is 4.74 Å². The van der Waals surface area contributed by atoms with E-state index >= 15 is 0 Å². The Morgan fingerprint density at radius 3 is 2.85 bits per heavy atom. The van der Waals surface area contributed by atoms with E-state index < -0.39 is 0 Å². The lowest BCUT2D eigenvalue weighted by Gasteiger charge is -2.25. The summed E-state index contributed by atoms with van der Waals surface area (Å²) in [5.41, 5.74) is 6.81. The maximum atomic E-state index is 5.91. The molecule has 3 N–H and O–H groups in total. The van der Waals surface area contributed by atoms with E-state index in [0.29, 0.717) is 17.5 Å². The molecule has 0 saturated heterocycles. The van der Waals surface area contributed by atoms with E-state index in [-0.39, 0.29) is 24.0 Å². The van der Waals surface area contributed by atoms with Gasteiger partial charge in [-0.1, -0.05) is 24.1 Å². The molecule has 1 saturated carbocycles. The summed E-state index contributed by atoms with van der Waals surface area (Å²) in [6, 6.07) is 5.52. The number of ether oxygens (including phenoxy) is 1. The Labute approximate surface area is 142 Å². The van der Waals surface area contributed by atoms with Crippen LogP contribution in [-0.4, -0.2) is 19.6 Å². The molecule has 1 aromatic rings. The summed E-state index contributed by atoms with van der Waals surface area (Å²) in [5, 5.41) is 3.82. The largest absolute Gasteiger partial charge is 0.496 e. The first kappa shape index (κ1) is 17.4. The van der Waals surface area contributed by atoms with Crippen LogP contribution < -0.4 is 15.8 Å². The Kier molecular flexibility index (Phi) is 7.43. The van der Waals surface area contributed by atoms with Gasteiger partial charge in [-0.15, -0.1) is 24.0 Å². The minimum Gasteiger partial charge on any atom is -0.496 e. The zero-order valence-corrected chi connectivity index (χ0v) is 14.7. The molecule has 2 rings (SSSR count). The Balaban J connectivity index is 0.00000200. The second-order valence-electron chi connectivity index (χ2n) is 4.84. The monoisotopic (exact) mass is 409 g/mol. The van der Waals surface area contributed by atoms with Crippen molar-refractivity contribution in [2.45, 2.75) is 25.8 Å². The van der Waals surface area contributed by atoms with Crippen LogP contribution in [0.5, 0.6) is 5.75 Å². The first-order chi connectivity index (χ1) is 9.19. The highest BCUT2D eigenvalue weighted by Gasteiger charge is 2.16. The molecule has 0 unspecified atom stereocenters. The molecule has 4 nitrogen and oxygen atoms in total. The summed E-state index contributed by atoms with van der Waals surface area (Å²) in [4.78, 5) is 4.32. The Hall–Kier alpha value is -0.690. The molecule has 0 aromatic heterocycles. The van der Waals surface area contributed by atoms with E-state index in [1.165, 1.54) is 19.3 Å². The molecule has 1 aliphatic rings. The molecule has 0 radical (unpaired) electrons. The van der Waals surface area contributed by atoms with Gasteiger partial charge in [0.15, 0.2) is 5.96 Å². The van der Waals surface area contributed by atoms with Gasteiger partial charge < -0.3 is 15.8 Å². The molecule has 0 atom stereocenters. The van der Waals surface area contributed by atoms with Crippen molar-refractivity contribution in [2.75, 3.05) is 13.7 Å². The third-order valence-electron chi connectivity index (χ3n) is 3.47. The molecule has 1 fully saturated rings. The van der Waals surface area contributed by atoms with Crippen LogP contribution in [0.25, 0.3) is 0 Å².